The number of hydrogen-bond acceptors (Lipinski definition) is 3. The zero-order chi connectivity index (χ0) is 18.7. The minimum absolute atomic E-state index is 0.148. The number of carbonyl (C=O) groups excluding carboxylic acids is 1. The quantitative estimate of drug-likeness (QED) is 0.552. The van der Waals surface area contributed by atoms with Crippen molar-refractivity contribution in [2.24, 2.45) is 5.41 Å². The molecule has 2 aromatic rings. The smallest absolute Gasteiger partial charge is 0.314 e. The van der Waals surface area contributed by atoms with E-state index in [-0.39, 0.29) is 17.5 Å². The lowest BCUT2D eigenvalue weighted by molar-refractivity contribution is 0.101. The van der Waals surface area contributed by atoms with Gasteiger partial charge in [0.25, 0.3) is 5.82 Å². The van der Waals surface area contributed by atoms with Crippen molar-refractivity contribution in [3.05, 3.63) is 53.3 Å². The fourth-order valence-corrected chi connectivity index (χ4v) is 3.45. The van der Waals surface area contributed by atoms with E-state index in [4.69, 9.17) is 6.57 Å². The number of aromatic amines is 1. The first-order valence-corrected chi connectivity index (χ1v) is 9.75. The summed E-state index contributed by atoms with van der Waals surface area (Å²) in [5.41, 5.74) is 3.45. The number of rotatable bonds is 4. The molecule has 3 rings (SSSR count). The third kappa shape index (κ3) is 4.00. The van der Waals surface area contributed by atoms with Crippen LogP contribution in [0.25, 0.3) is 10.4 Å². The number of benzene rings is 1. The Morgan fingerprint density at radius 2 is 2.23 bits per heavy atom. The number of thioether (sulfide) groups is 1. The molecule has 1 aromatic heterocycles. The van der Waals surface area contributed by atoms with Crippen LogP contribution in [-0.2, 0) is 0 Å². The van der Waals surface area contributed by atoms with E-state index in [0.717, 1.165) is 35.4 Å². The molecule has 1 aliphatic rings. The molecule has 0 saturated heterocycles. The Balaban J connectivity index is 1.91. The Kier molecular flexibility index (Phi) is 5.19. The number of nitrogens with zero attached hydrogens (tertiary/aromatic N) is 2. The predicted octanol–water partition coefficient (Wildman–Crippen LogP) is 5.53. The van der Waals surface area contributed by atoms with Gasteiger partial charge in [0.15, 0.2) is 0 Å². The summed E-state index contributed by atoms with van der Waals surface area (Å²) in [6.45, 7) is 11.5. The number of imidazole rings is 1. The topological polar surface area (TPSA) is 62.1 Å². The van der Waals surface area contributed by atoms with Crippen molar-refractivity contribution >= 4 is 34.7 Å². The maximum atomic E-state index is 12.5. The summed E-state index contributed by atoms with van der Waals surface area (Å²) >= 11 is 1.69. The van der Waals surface area contributed by atoms with Crippen molar-refractivity contribution < 1.29 is 4.79 Å². The van der Waals surface area contributed by atoms with Crippen LogP contribution in [0.4, 0.5) is 11.5 Å². The molecule has 0 spiro atoms. The Bertz CT molecular complexity index is 905. The van der Waals surface area contributed by atoms with Crippen LogP contribution < -0.4 is 5.32 Å². The van der Waals surface area contributed by atoms with Gasteiger partial charge in [-0.3, -0.25) is 9.78 Å². The van der Waals surface area contributed by atoms with E-state index < -0.39 is 0 Å². The molecular weight excluding hydrogens is 344 g/mol. The molecule has 26 heavy (non-hydrogen) atoms. The molecule has 0 fully saturated rings. The van der Waals surface area contributed by atoms with Gasteiger partial charge >= 0.3 is 5.91 Å². The van der Waals surface area contributed by atoms with Gasteiger partial charge in [-0.15, -0.1) is 11.8 Å². The van der Waals surface area contributed by atoms with Crippen LogP contribution in [0.2, 0.25) is 0 Å². The molecule has 0 aliphatic heterocycles. The molecule has 0 radical (unpaired) electrons. The van der Waals surface area contributed by atoms with Gasteiger partial charge in [-0.2, -0.15) is 0 Å². The molecule has 2 N–H and O–H groups in total. The van der Waals surface area contributed by atoms with Gasteiger partial charge in [-0.1, -0.05) is 26.5 Å². The molecule has 1 aromatic carbocycles. The summed E-state index contributed by atoms with van der Waals surface area (Å²) < 4.78 is 0. The van der Waals surface area contributed by atoms with Crippen molar-refractivity contribution in [2.45, 2.75) is 38.0 Å². The fraction of sp³-hybridized carbons (Fsp3) is 0.350. The third-order valence-electron chi connectivity index (χ3n) is 4.69. The van der Waals surface area contributed by atoms with Crippen molar-refractivity contribution in [2.75, 3.05) is 11.6 Å². The monoisotopic (exact) mass is 366 g/mol. The molecule has 134 valence electrons. The fourth-order valence-electron chi connectivity index (χ4n) is 3.01. The van der Waals surface area contributed by atoms with Crippen LogP contribution in [0.1, 0.15) is 49.3 Å². The maximum absolute atomic E-state index is 12.5. The molecule has 5 nitrogen and oxygen atoms in total. The minimum atomic E-state index is -0.338. The number of amides is 1. The zero-order valence-corrected chi connectivity index (χ0v) is 16.0. The van der Waals surface area contributed by atoms with E-state index in [9.17, 15) is 4.79 Å². The van der Waals surface area contributed by atoms with Gasteiger partial charge in [0.1, 0.15) is 0 Å². The Morgan fingerprint density at radius 1 is 1.42 bits per heavy atom. The highest BCUT2D eigenvalue weighted by atomic mass is 32.2. The molecule has 1 amide bonds. The molecular formula is C20H22N4OS. The summed E-state index contributed by atoms with van der Waals surface area (Å²) in [5.74, 6) is 0.0646. The second kappa shape index (κ2) is 7.38. The summed E-state index contributed by atoms with van der Waals surface area (Å²) in [6, 6.07) is 6.08. The van der Waals surface area contributed by atoms with E-state index in [1.54, 1.807) is 11.8 Å². The Hall–Kier alpha value is -2.52. The highest BCUT2D eigenvalue weighted by molar-refractivity contribution is 7.98. The van der Waals surface area contributed by atoms with Crippen LogP contribution in [0.5, 0.6) is 0 Å². The highest BCUT2D eigenvalue weighted by Gasteiger charge is 2.24. The van der Waals surface area contributed by atoms with Crippen LogP contribution >= 0.6 is 11.8 Å². The second-order valence-electron chi connectivity index (χ2n) is 7.19. The van der Waals surface area contributed by atoms with Crippen LogP contribution in [0, 0.1) is 12.0 Å². The van der Waals surface area contributed by atoms with E-state index in [1.807, 2.05) is 18.4 Å². The van der Waals surface area contributed by atoms with E-state index in [2.05, 4.69) is 46.1 Å². The van der Waals surface area contributed by atoms with E-state index >= 15 is 0 Å². The Morgan fingerprint density at radius 3 is 2.85 bits per heavy atom. The summed E-state index contributed by atoms with van der Waals surface area (Å²) in [5, 5.41) is 2.95. The lowest BCUT2D eigenvalue weighted by Gasteiger charge is -2.29. The molecule has 0 unspecified atom stereocenters. The normalized spacial score (nSPS) is 15.8. The van der Waals surface area contributed by atoms with Crippen LogP contribution in [-0.4, -0.2) is 22.1 Å². The van der Waals surface area contributed by atoms with Crippen molar-refractivity contribution in [3.63, 3.8) is 0 Å². The highest BCUT2D eigenvalue weighted by Crippen LogP contribution is 2.40. The van der Waals surface area contributed by atoms with Crippen molar-refractivity contribution in [1.82, 2.24) is 9.97 Å². The van der Waals surface area contributed by atoms with Gasteiger partial charge in [-0.25, -0.2) is 4.98 Å². The van der Waals surface area contributed by atoms with Gasteiger partial charge in [0.2, 0.25) is 5.82 Å². The van der Waals surface area contributed by atoms with Gasteiger partial charge < -0.3 is 10.2 Å². The lowest BCUT2D eigenvalue weighted by atomic mass is 9.77. The molecule has 1 aliphatic carbocycles. The number of anilines is 1. The first-order valence-electron chi connectivity index (χ1n) is 8.53. The standard InChI is InChI=1S/C20H22N4OS/c1-20(2)9-7-13(8-10-20)15-11-14(26-4)5-6-16(15)23-19(25)18-22-12-17(21-3)24-18/h5-7,11-12H,8-10H2,1-2,4H3,(H,22,24)(H,23,25). The van der Waals surface area contributed by atoms with Crippen molar-refractivity contribution in [3.8, 4) is 0 Å². The molecule has 0 saturated carbocycles. The lowest BCUT2D eigenvalue weighted by Crippen LogP contribution is -2.17. The predicted molar refractivity (Wildman–Crippen MR) is 107 cm³/mol. The number of carbonyl (C=O) groups is 1. The number of H-pyrrole nitrogens is 1. The Labute approximate surface area is 158 Å². The average Bonchev–Trinajstić information content (AvgIpc) is 3.11. The second-order valence-corrected chi connectivity index (χ2v) is 8.07. The van der Waals surface area contributed by atoms with Gasteiger partial charge in [0.05, 0.1) is 6.20 Å². The SMILES string of the molecule is [C-]#[N+]c1cnc(C(=O)Nc2ccc(SC)cc2C2=CCC(C)(C)CC2)[nH]1. The largest absolute Gasteiger partial charge is 0.363 e. The molecule has 1 heterocycles. The minimum Gasteiger partial charge on any atom is -0.363 e. The van der Waals surface area contributed by atoms with Crippen LogP contribution in [0.15, 0.2) is 35.4 Å². The summed E-state index contributed by atoms with van der Waals surface area (Å²) in [7, 11) is 0. The maximum Gasteiger partial charge on any atom is 0.314 e. The molecule has 6 heteroatoms. The first-order chi connectivity index (χ1) is 12.4. The number of aromatic nitrogens is 2. The molecule has 0 atom stereocenters. The van der Waals surface area contributed by atoms with E-state index in [1.165, 1.54) is 11.8 Å². The first kappa shape index (κ1) is 18.3. The average molecular weight is 366 g/mol. The number of allylic oxidation sites excluding steroid dienone is 2. The number of nitrogens with one attached hydrogen (secondary N) is 2. The van der Waals surface area contributed by atoms with E-state index in [0.29, 0.717) is 5.41 Å². The molecule has 0 bridgehead atoms. The third-order valence-corrected chi connectivity index (χ3v) is 5.42. The van der Waals surface area contributed by atoms with Gasteiger partial charge in [-0.05, 0) is 54.7 Å². The van der Waals surface area contributed by atoms with Gasteiger partial charge in [0, 0.05) is 16.1 Å². The van der Waals surface area contributed by atoms with Crippen molar-refractivity contribution in [1.29, 1.82) is 0 Å². The summed E-state index contributed by atoms with van der Waals surface area (Å²) in [4.78, 5) is 23.6. The zero-order valence-electron chi connectivity index (χ0n) is 15.2. The van der Waals surface area contributed by atoms with Crippen LogP contribution in [0.3, 0.4) is 0 Å². The number of hydrogen-bond donors (Lipinski definition) is 2. The summed E-state index contributed by atoms with van der Waals surface area (Å²) in [6.07, 6.45) is 8.86.